The van der Waals surface area contributed by atoms with Crippen LogP contribution in [-0.4, -0.2) is 5.71 Å². The lowest BCUT2D eigenvalue weighted by Gasteiger charge is -2.18. The molecule has 0 aromatic heterocycles. The standard InChI is InChI=1S/C24H31N/c1-6-12-20(8-3)22(13-7-2)25-24-19(5)17-16-18(4)23(24)21-14-10-9-11-15-21/h6,9-10,12,14,16-17H,1,7-8,11,13,15H2,2-5H3/b20-12+,25-22?. The zero-order chi connectivity index (χ0) is 18.2. The molecular weight excluding hydrogens is 302 g/mol. The fraction of sp³-hybridized carbons (Fsp3) is 0.375. The van der Waals surface area contributed by atoms with Crippen molar-refractivity contribution >= 4 is 17.0 Å². The van der Waals surface area contributed by atoms with Gasteiger partial charge in [-0.25, -0.2) is 0 Å². The minimum Gasteiger partial charge on any atom is -0.252 e. The number of hydrogen-bond acceptors (Lipinski definition) is 1. The molecule has 0 fully saturated rings. The SMILES string of the molecule is C=C/C=C(\CC)C(CCC)=Nc1c(C)ccc(C)c1C1=CC=CCC1. The summed E-state index contributed by atoms with van der Waals surface area (Å²) in [4.78, 5) is 5.21. The van der Waals surface area contributed by atoms with Crippen LogP contribution in [0.4, 0.5) is 5.69 Å². The van der Waals surface area contributed by atoms with Crippen molar-refractivity contribution in [3.8, 4) is 0 Å². The van der Waals surface area contributed by atoms with Crippen LogP contribution in [0.2, 0.25) is 0 Å². The molecule has 0 saturated carbocycles. The van der Waals surface area contributed by atoms with Crippen molar-refractivity contribution in [2.75, 3.05) is 0 Å². The Morgan fingerprint density at radius 2 is 1.96 bits per heavy atom. The highest BCUT2D eigenvalue weighted by Gasteiger charge is 2.15. The van der Waals surface area contributed by atoms with Gasteiger partial charge in [0, 0.05) is 11.3 Å². The lowest BCUT2D eigenvalue weighted by atomic mass is 9.90. The fourth-order valence-electron chi connectivity index (χ4n) is 3.38. The highest BCUT2D eigenvalue weighted by atomic mass is 14.8. The minimum atomic E-state index is 0.983. The first-order valence-electron chi connectivity index (χ1n) is 9.48. The van der Waals surface area contributed by atoms with Crippen molar-refractivity contribution in [3.63, 3.8) is 0 Å². The van der Waals surface area contributed by atoms with Crippen molar-refractivity contribution in [2.24, 2.45) is 4.99 Å². The lowest BCUT2D eigenvalue weighted by Crippen LogP contribution is -2.03. The van der Waals surface area contributed by atoms with Crippen molar-refractivity contribution in [3.05, 3.63) is 71.4 Å². The molecule has 1 aliphatic carbocycles. The number of hydrogen-bond donors (Lipinski definition) is 0. The van der Waals surface area contributed by atoms with Gasteiger partial charge in [-0.2, -0.15) is 0 Å². The molecule has 1 heteroatoms. The van der Waals surface area contributed by atoms with Gasteiger partial charge in [-0.1, -0.05) is 69.4 Å². The van der Waals surface area contributed by atoms with Gasteiger partial charge in [0.1, 0.15) is 0 Å². The van der Waals surface area contributed by atoms with Crippen molar-refractivity contribution in [1.29, 1.82) is 0 Å². The van der Waals surface area contributed by atoms with E-state index in [1.165, 1.54) is 33.5 Å². The molecule has 2 rings (SSSR count). The van der Waals surface area contributed by atoms with Crippen LogP contribution in [0.1, 0.15) is 62.6 Å². The number of aryl methyl sites for hydroxylation is 2. The molecule has 0 heterocycles. The summed E-state index contributed by atoms with van der Waals surface area (Å²) in [6, 6.07) is 4.42. The Morgan fingerprint density at radius 3 is 2.56 bits per heavy atom. The predicted molar refractivity (Wildman–Crippen MR) is 113 cm³/mol. The molecule has 0 bridgehead atoms. The summed E-state index contributed by atoms with van der Waals surface area (Å²) in [5, 5.41) is 0. The number of aliphatic imine (C=N–C) groups is 1. The second kappa shape index (κ2) is 9.36. The molecule has 0 radical (unpaired) electrons. The Morgan fingerprint density at radius 1 is 1.20 bits per heavy atom. The maximum Gasteiger partial charge on any atom is 0.0739 e. The van der Waals surface area contributed by atoms with Gasteiger partial charge in [0.05, 0.1) is 5.69 Å². The van der Waals surface area contributed by atoms with Gasteiger partial charge >= 0.3 is 0 Å². The zero-order valence-corrected chi connectivity index (χ0v) is 16.2. The highest BCUT2D eigenvalue weighted by molar-refractivity contribution is 6.02. The summed E-state index contributed by atoms with van der Waals surface area (Å²) < 4.78 is 0. The van der Waals surface area contributed by atoms with Crippen LogP contribution in [0, 0.1) is 13.8 Å². The summed E-state index contributed by atoms with van der Waals surface area (Å²) in [5.41, 5.74) is 8.93. The molecule has 1 nitrogen and oxygen atoms in total. The Bertz CT molecular complexity index is 742. The topological polar surface area (TPSA) is 12.4 Å². The second-order valence-electron chi connectivity index (χ2n) is 6.67. The van der Waals surface area contributed by atoms with Crippen LogP contribution < -0.4 is 0 Å². The summed E-state index contributed by atoms with van der Waals surface area (Å²) in [7, 11) is 0. The molecule has 0 unspecified atom stereocenters. The summed E-state index contributed by atoms with van der Waals surface area (Å²) in [6.45, 7) is 12.7. The molecule has 25 heavy (non-hydrogen) atoms. The third-order valence-electron chi connectivity index (χ3n) is 4.73. The van der Waals surface area contributed by atoms with Gasteiger partial charge in [0.25, 0.3) is 0 Å². The van der Waals surface area contributed by atoms with E-state index in [1.807, 2.05) is 6.08 Å². The number of nitrogens with zero attached hydrogens (tertiary/aromatic N) is 1. The monoisotopic (exact) mass is 333 g/mol. The third-order valence-corrected chi connectivity index (χ3v) is 4.73. The molecule has 0 aliphatic heterocycles. The molecular formula is C24H31N. The van der Waals surface area contributed by atoms with Crippen LogP contribution in [0.5, 0.6) is 0 Å². The van der Waals surface area contributed by atoms with Crippen LogP contribution >= 0.6 is 0 Å². The summed E-state index contributed by atoms with van der Waals surface area (Å²) >= 11 is 0. The fourth-order valence-corrected chi connectivity index (χ4v) is 3.38. The number of benzene rings is 1. The van der Waals surface area contributed by atoms with E-state index >= 15 is 0 Å². The van der Waals surface area contributed by atoms with E-state index < -0.39 is 0 Å². The van der Waals surface area contributed by atoms with Gasteiger partial charge in [0.2, 0.25) is 0 Å². The second-order valence-corrected chi connectivity index (χ2v) is 6.67. The van der Waals surface area contributed by atoms with Crippen molar-refractivity contribution < 1.29 is 0 Å². The van der Waals surface area contributed by atoms with E-state index in [2.05, 4.69) is 70.7 Å². The molecule has 1 aromatic carbocycles. The minimum absolute atomic E-state index is 0.983. The van der Waals surface area contributed by atoms with Crippen LogP contribution in [0.25, 0.3) is 5.57 Å². The first-order chi connectivity index (χ1) is 12.1. The molecule has 0 saturated heterocycles. The number of allylic oxidation sites excluding steroid dienone is 7. The van der Waals surface area contributed by atoms with Crippen molar-refractivity contribution in [1.82, 2.24) is 0 Å². The Kier molecular flexibility index (Phi) is 7.18. The van der Waals surface area contributed by atoms with E-state index in [4.69, 9.17) is 4.99 Å². The lowest BCUT2D eigenvalue weighted by molar-refractivity contribution is 0.978. The van der Waals surface area contributed by atoms with E-state index in [-0.39, 0.29) is 0 Å². The quantitative estimate of drug-likeness (QED) is 0.363. The van der Waals surface area contributed by atoms with Crippen LogP contribution in [0.3, 0.4) is 0 Å². The Balaban J connectivity index is 2.65. The maximum atomic E-state index is 5.21. The van der Waals surface area contributed by atoms with E-state index in [9.17, 15) is 0 Å². The molecule has 132 valence electrons. The molecule has 0 spiro atoms. The van der Waals surface area contributed by atoms with E-state index in [1.54, 1.807) is 0 Å². The first-order valence-corrected chi connectivity index (χ1v) is 9.48. The molecule has 1 aromatic rings. The first kappa shape index (κ1) is 19.2. The molecule has 1 aliphatic rings. The predicted octanol–water partition coefficient (Wildman–Crippen LogP) is 7.43. The van der Waals surface area contributed by atoms with E-state index in [0.29, 0.717) is 0 Å². The van der Waals surface area contributed by atoms with Crippen LogP contribution in [-0.2, 0) is 0 Å². The third kappa shape index (κ3) is 4.69. The number of rotatable bonds is 7. The Hall–Kier alpha value is -2.15. The van der Waals surface area contributed by atoms with Crippen molar-refractivity contribution in [2.45, 2.75) is 59.8 Å². The van der Waals surface area contributed by atoms with Gasteiger partial charge < -0.3 is 0 Å². The van der Waals surface area contributed by atoms with E-state index in [0.717, 1.165) is 37.8 Å². The normalized spacial score (nSPS) is 15.3. The Labute approximate surface area is 153 Å². The molecule has 0 N–H and O–H groups in total. The average Bonchev–Trinajstić information content (AvgIpc) is 2.63. The zero-order valence-electron chi connectivity index (χ0n) is 16.2. The van der Waals surface area contributed by atoms with Crippen LogP contribution in [0.15, 0.2) is 59.7 Å². The highest BCUT2D eigenvalue weighted by Crippen LogP contribution is 2.37. The van der Waals surface area contributed by atoms with Gasteiger partial charge in [-0.15, -0.1) is 0 Å². The van der Waals surface area contributed by atoms with Gasteiger partial charge in [-0.05, 0) is 61.8 Å². The molecule has 0 amide bonds. The summed E-state index contributed by atoms with van der Waals surface area (Å²) in [5.74, 6) is 0. The van der Waals surface area contributed by atoms with Gasteiger partial charge in [0.15, 0.2) is 0 Å². The maximum absolute atomic E-state index is 5.21. The largest absolute Gasteiger partial charge is 0.252 e. The average molecular weight is 334 g/mol. The smallest absolute Gasteiger partial charge is 0.0739 e. The van der Waals surface area contributed by atoms with Gasteiger partial charge in [-0.3, -0.25) is 4.99 Å². The summed E-state index contributed by atoms with van der Waals surface area (Å²) in [6.07, 6.45) is 15.9. The molecule has 0 atom stereocenters.